The summed E-state index contributed by atoms with van der Waals surface area (Å²) in [5, 5.41) is 3.67. The van der Waals surface area contributed by atoms with Crippen molar-refractivity contribution in [2.45, 2.75) is 71.0 Å². The van der Waals surface area contributed by atoms with E-state index < -0.39 is 0 Å². The Hall–Kier alpha value is -0.0800. The molecular formula is C14H28N2. The molecule has 0 radical (unpaired) electrons. The maximum atomic E-state index is 3.67. The molecule has 94 valence electrons. The van der Waals surface area contributed by atoms with Crippen LogP contribution in [0.15, 0.2) is 0 Å². The van der Waals surface area contributed by atoms with Crippen molar-refractivity contribution in [3.05, 3.63) is 0 Å². The van der Waals surface area contributed by atoms with Gasteiger partial charge in [0.15, 0.2) is 0 Å². The molecule has 4 unspecified atom stereocenters. The Labute approximate surface area is 101 Å². The van der Waals surface area contributed by atoms with Gasteiger partial charge in [-0.2, -0.15) is 0 Å². The van der Waals surface area contributed by atoms with Crippen LogP contribution in [0.25, 0.3) is 0 Å². The lowest BCUT2D eigenvalue weighted by molar-refractivity contribution is 0.161. The molecule has 1 saturated heterocycles. The van der Waals surface area contributed by atoms with Gasteiger partial charge in [-0.25, -0.2) is 0 Å². The number of nitrogens with one attached hydrogen (secondary N) is 1. The Kier molecular flexibility index (Phi) is 4.26. The van der Waals surface area contributed by atoms with Gasteiger partial charge < -0.3 is 10.2 Å². The van der Waals surface area contributed by atoms with Crippen molar-refractivity contribution >= 4 is 0 Å². The molecule has 1 heterocycles. The topological polar surface area (TPSA) is 15.3 Å². The highest BCUT2D eigenvalue weighted by atomic mass is 15.2. The standard InChI is InChI=1S/C14H28N2/c1-11-4-5-14(10-11)16-8-6-12(2)15-13(3)7-9-16/h11-15H,4-10H2,1-3H3. The van der Waals surface area contributed by atoms with Gasteiger partial charge in [-0.05, 0) is 65.0 Å². The van der Waals surface area contributed by atoms with Crippen LogP contribution >= 0.6 is 0 Å². The van der Waals surface area contributed by atoms with Crippen LogP contribution in [0.1, 0.15) is 52.9 Å². The molecule has 2 aliphatic rings. The summed E-state index contributed by atoms with van der Waals surface area (Å²) in [4.78, 5) is 2.78. The predicted octanol–water partition coefficient (Wildman–Crippen LogP) is 2.64. The fourth-order valence-electron chi connectivity index (χ4n) is 3.36. The molecule has 0 aromatic heterocycles. The summed E-state index contributed by atoms with van der Waals surface area (Å²) in [6, 6.07) is 2.28. The lowest BCUT2D eigenvalue weighted by Crippen LogP contribution is -2.45. The minimum Gasteiger partial charge on any atom is -0.312 e. The molecule has 16 heavy (non-hydrogen) atoms. The zero-order chi connectivity index (χ0) is 11.5. The van der Waals surface area contributed by atoms with Gasteiger partial charge in [0.2, 0.25) is 0 Å². The molecule has 1 saturated carbocycles. The van der Waals surface area contributed by atoms with Crippen LogP contribution in [0.3, 0.4) is 0 Å². The third-order valence-corrected chi connectivity index (χ3v) is 4.45. The van der Waals surface area contributed by atoms with E-state index in [1.807, 2.05) is 0 Å². The third kappa shape index (κ3) is 3.21. The maximum Gasteiger partial charge on any atom is 0.00979 e. The van der Waals surface area contributed by atoms with Crippen LogP contribution < -0.4 is 5.32 Å². The molecule has 0 bridgehead atoms. The van der Waals surface area contributed by atoms with Gasteiger partial charge in [-0.15, -0.1) is 0 Å². The van der Waals surface area contributed by atoms with Crippen LogP contribution in [-0.2, 0) is 0 Å². The van der Waals surface area contributed by atoms with Crippen molar-refractivity contribution in [3.8, 4) is 0 Å². The van der Waals surface area contributed by atoms with Gasteiger partial charge in [0.25, 0.3) is 0 Å². The van der Waals surface area contributed by atoms with Crippen LogP contribution in [0, 0.1) is 5.92 Å². The third-order valence-electron chi connectivity index (χ3n) is 4.45. The highest BCUT2D eigenvalue weighted by Crippen LogP contribution is 2.29. The van der Waals surface area contributed by atoms with Gasteiger partial charge in [0.1, 0.15) is 0 Å². The summed E-state index contributed by atoms with van der Waals surface area (Å²) in [6.45, 7) is 9.68. The smallest absolute Gasteiger partial charge is 0.00979 e. The number of nitrogens with zero attached hydrogens (tertiary/aromatic N) is 1. The zero-order valence-corrected chi connectivity index (χ0v) is 11.2. The van der Waals surface area contributed by atoms with Gasteiger partial charge >= 0.3 is 0 Å². The molecule has 2 fully saturated rings. The van der Waals surface area contributed by atoms with Crippen molar-refractivity contribution in [2.24, 2.45) is 5.92 Å². The fourth-order valence-corrected chi connectivity index (χ4v) is 3.36. The second-order valence-corrected chi connectivity index (χ2v) is 6.15. The average molecular weight is 224 g/mol. The molecule has 2 heteroatoms. The van der Waals surface area contributed by atoms with Gasteiger partial charge in [0.05, 0.1) is 0 Å². The first-order chi connectivity index (χ1) is 7.65. The summed E-state index contributed by atoms with van der Waals surface area (Å²) in [5.74, 6) is 0.961. The molecule has 1 aliphatic carbocycles. The Balaban J connectivity index is 1.88. The molecule has 1 N–H and O–H groups in total. The fraction of sp³-hybridized carbons (Fsp3) is 1.00. The van der Waals surface area contributed by atoms with E-state index in [0.29, 0.717) is 12.1 Å². The lowest BCUT2D eigenvalue weighted by atomic mass is 10.1. The van der Waals surface area contributed by atoms with Crippen LogP contribution in [-0.4, -0.2) is 36.1 Å². The summed E-state index contributed by atoms with van der Waals surface area (Å²) in [6.07, 6.45) is 6.96. The molecule has 0 amide bonds. The average Bonchev–Trinajstić information content (AvgIpc) is 2.62. The molecule has 0 aromatic carbocycles. The molecule has 0 spiro atoms. The second-order valence-electron chi connectivity index (χ2n) is 6.15. The Bertz CT molecular complexity index is 205. The first-order valence-electron chi connectivity index (χ1n) is 7.15. The summed E-state index contributed by atoms with van der Waals surface area (Å²) >= 11 is 0. The molecular weight excluding hydrogens is 196 g/mol. The van der Waals surface area contributed by atoms with E-state index in [1.165, 1.54) is 45.2 Å². The first-order valence-corrected chi connectivity index (χ1v) is 7.15. The number of rotatable bonds is 1. The minimum atomic E-state index is 0.691. The number of hydrogen-bond donors (Lipinski definition) is 1. The minimum absolute atomic E-state index is 0.691. The predicted molar refractivity (Wildman–Crippen MR) is 69.7 cm³/mol. The summed E-state index contributed by atoms with van der Waals surface area (Å²) in [7, 11) is 0. The Morgan fingerprint density at radius 2 is 1.50 bits per heavy atom. The molecule has 4 atom stereocenters. The Morgan fingerprint density at radius 3 is 2.00 bits per heavy atom. The van der Waals surface area contributed by atoms with E-state index >= 15 is 0 Å². The van der Waals surface area contributed by atoms with Crippen LogP contribution in [0.4, 0.5) is 0 Å². The van der Waals surface area contributed by atoms with E-state index in [-0.39, 0.29) is 0 Å². The van der Waals surface area contributed by atoms with E-state index in [2.05, 4.69) is 31.0 Å². The molecule has 0 aromatic rings. The largest absolute Gasteiger partial charge is 0.312 e. The van der Waals surface area contributed by atoms with Crippen LogP contribution in [0.2, 0.25) is 0 Å². The quantitative estimate of drug-likeness (QED) is 0.736. The highest BCUT2D eigenvalue weighted by molar-refractivity contribution is 4.84. The highest BCUT2D eigenvalue weighted by Gasteiger charge is 2.28. The van der Waals surface area contributed by atoms with Crippen molar-refractivity contribution in [3.63, 3.8) is 0 Å². The molecule has 1 aliphatic heterocycles. The van der Waals surface area contributed by atoms with Gasteiger partial charge in [0, 0.05) is 18.1 Å². The monoisotopic (exact) mass is 224 g/mol. The van der Waals surface area contributed by atoms with Gasteiger partial charge in [-0.3, -0.25) is 0 Å². The molecule has 2 nitrogen and oxygen atoms in total. The van der Waals surface area contributed by atoms with Crippen molar-refractivity contribution in [1.82, 2.24) is 10.2 Å². The van der Waals surface area contributed by atoms with Crippen molar-refractivity contribution in [1.29, 1.82) is 0 Å². The first kappa shape index (κ1) is 12.4. The van der Waals surface area contributed by atoms with E-state index in [0.717, 1.165) is 12.0 Å². The summed E-state index contributed by atoms with van der Waals surface area (Å²) < 4.78 is 0. The Morgan fingerprint density at radius 1 is 0.875 bits per heavy atom. The second kappa shape index (κ2) is 5.50. The zero-order valence-electron chi connectivity index (χ0n) is 11.2. The number of hydrogen-bond acceptors (Lipinski definition) is 2. The lowest BCUT2D eigenvalue weighted by Gasteiger charge is -2.34. The normalized spacial score (nSPS) is 42.9. The van der Waals surface area contributed by atoms with Crippen LogP contribution in [0.5, 0.6) is 0 Å². The van der Waals surface area contributed by atoms with Crippen molar-refractivity contribution in [2.75, 3.05) is 13.1 Å². The van der Waals surface area contributed by atoms with Crippen molar-refractivity contribution < 1.29 is 0 Å². The SMILES string of the molecule is CC1CCC(N2CCC(C)NC(C)CC2)C1. The maximum absolute atomic E-state index is 3.67. The van der Waals surface area contributed by atoms with Gasteiger partial charge in [-0.1, -0.05) is 6.92 Å². The van der Waals surface area contributed by atoms with E-state index in [4.69, 9.17) is 0 Å². The van der Waals surface area contributed by atoms with E-state index in [1.54, 1.807) is 0 Å². The van der Waals surface area contributed by atoms with E-state index in [9.17, 15) is 0 Å². The molecule has 2 rings (SSSR count). The summed E-state index contributed by atoms with van der Waals surface area (Å²) in [5.41, 5.74) is 0.